The molecule has 1 unspecified atom stereocenters. The fourth-order valence-corrected chi connectivity index (χ4v) is 2.44. The fourth-order valence-electron chi connectivity index (χ4n) is 2.16. The second kappa shape index (κ2) is 5.78. The van der Waals surface area contributed by atoms with E-state index in [1.807, 2.05) is 13.0 Å². The van der Waals surface area contributed by atoms with Gasteiger partial charge in [-0.15, -0.1) is 0 Å². The average Bonchev–Trinajstić information content (AvgIpc) is 2.42. The molecule has 0 amide bonds. The summed E-state index contributed by atoms with van der Waals surface area (Å²) >= 11 is 6.32. The Balaban J connectivity index is 2.44. The predicted molar refractivity (Wildman–Crippen MR) is 70.9 cm³/mol. The Hall–Kier alpha value is -0.970. The number of rotatable bonds is 3. The van der Waals surface area contributed by atoms with Crippen LogP contribution in [0, 0.1) is 6.92 Å². The van der Waals surface area contributed by atoms with Crippen LogP contribution in [0.2, 0.25) is 5.02 Å². The maximum Gasteiger partial charge on any atom is 0.179 e. The van der Waals surface area contributed by atoms with E-state index in [1.165, 1.54) is 0 Å². The summed E-state index contributed by atoms with van der Waals surface area (Å²) in [5.74, 6) is 1.21. The van der Waals surface area contributed by atoms with Gasteiger partial charge in [0.1, 0.15) is 0 Å². The summed E-state index contributed by atoms with van der Waals surface area (Å²) in [6.45, 7) is 4.34. The van der Waals surface area contributed by atoms with E-state index in [0.29, 0.717) is 23.1 Å². The van der Waals surface area contributed by atoms with Crippen LogP contribution in [0.15, 0.2) is 6.07 Å². The lowest BCUT2D eigenvalue weighted by atomic mass is 10.0. The molecule has 1 aliphatic heterocycles. The van der Waals surface area contributed by atoms with E-state index >= 15 is 0 Å². The van der Waals surface area contributed by atoms with Gasteiger partial charge < -0.3 is 19.5 Å². The zero-order chi connectivity index (χ0) is 13.1. The van der Waals surface area contributed by atoms with Crippen LogP contribution in [0.1, 0.15) is 17.2 Å². The number of nitrogens with one attached hydrogen (secondary N) is 1. The molecule has 1 N–H and O–H groups in total. The molecular weight excluding hydrogens is 254 g/mol. The van der Waals surface area contributed by atoms with E-state index in [1.54, 1.807) is 14.2 Å². The van der Waals surface area contributed by atoms with E-state index in [2.05, 4.69) is 5.32 Å². The molecule has 5 heteroatoms. The van der Waals surface area contributed by atoms with Gasteiger partial charge in [-0.05, 0) is 24.1 Å². The average molecular weight is 272 g/mol. The van der Waals surface area contributed by atoms with Crippen LogP contribution >= 0.6 is 11.6 Å². The smallest absolute Gasteiger partial charge is 0.179 e. The van der Waals surface area contributed by atoms with E-state index in [-0.39, 0.29) is 6.10 Å². The van der Waals surface area contributed by atoms with Crippen LogP contribution in [-0.2, 0) is 4.74 Å². The van der Waals surface area contributed by atoms with Crippen LogP contribution < -0.4 is 14.8 Å². The number of morpholine rings is 1. The molecule has 100 valence electrons. The Morgan fingerprint density at radius 3 is 2.72 bits per heavy atom. The highest BCUT2D eigenvalue weighted by Crippen LogP contribution is 2.41. The van der Waals surface area contributed by atoms with Crippen molar-refractivity contribution in [1.29, 1.82) is 0 Å². The molecule has 0 spiro atoms. The van der Waals surface area contributed by atoms with E-state index in [9.17, 15) is 0 Å². The number of ether oxygens (including phenoxy) is 3. The van der Waals surface area contributed by atoms with Gasteiger partial charge in [0.15, 0.2) is 11.5 Å². The van der Waals surface area contributed by atoms with Crippen molar-refractivity contribution in [3.63, 3.8) is 0 Å². The first kappa shape index (κ1) is 13.5. The van der Waals surface area contributed by atoms with Crippen LogP contribution in [0.25, 0.3) is 0 Å². The quantitative estimate of drug-likeness (QED) is 0.916. The van der Waals surface area contributed by atoms with Gasteiger partial charge in [0.25, 0.3) is 0 Å². The zero-order valence-electron chi connectivity index (χ0n) is 10.9. The molecule has 1 fully saturated rings. The number of methoxy groups -OCH3 is 2. The second-order valence-electron chi connectivity index (χ2n) is 4.20. The summed E-state index contributed by atoms with van der Waals surface area (Å²) in [5, 5.41) is 3.89. The van der Waals surface area contributed by atoms with E-state index in [4.69, 9.17) is 25.8 Å². The van der Waals surface area contributed by atoms with Gasteiger partial charge in [-0.3, -0.25) is 0 Å². The van der Waals surface area contributed by atoms with Gasteiger partial charge in [-0.1, -0.05) is 11.6 Å². The Kier molecular flexibility index (Phi) is 4.32. The van der Waals surface area contributed by atoms with Crippen molar-refractivity contribution in [3.8, 4) is 11.5 Å². The molecule has 0 bridgehead atoms. The SMILES string of the molecule is COc1cc(C2CNCCO2)c(C)c(Cl)c1OC. The minimum Gasteiger partial charge on any atom is -0.493 e. The van der Waals surface area contributed by atoms with Crippen molar-refractivity contribution in [3.05, 3.63) is 22.2 Å². The summed E-state index contributed by atoms with van der Waals surface area (Å²) in [5.41, 5.74) is 2.02. The first-order valence-electron chi connectivity index (χ1n) is 5.92. The molecule has 1 aliphatic rings. The minimum atomic E-state index is 0.0102. The molecule has 0 radical (unpaired) electrons. The first-order chi connectivity index (χ1) is 8.69. The second-order valence-corrected chi connectivity index (χ2v) is 4.58. The highest BCUT2D eigenvalue weighted by molar-refractivity contribution is 6.33. The number of hydrogen-bond acceptors (Lipinski definition) is 4. The molecule has 4 nitrogen and oxygen atoms in total. The van der Waals surface area contributed by atoms with Gasteiger partial charge in [-0.2, -0.15) is 0 Å². The molecule has 2 rings (SSSR count). The third-order valence-corrected chi connectivity index (χ3v) is 3.63. The summed E-state index contributed by atoms with van der Waals surface area (Å²) in [4.78, 5) is 0. The summed E-state index contributed by atoms with van der Waals surface area (Å²) in [6.07, 6.45) is 0.0102. The highest BCUT2D eigenvalue weighted by Gasteiger charge is 2.23. The normalized spacial score (nSPS) is 19.7. The number of hydrogen-bond donors (Lipinski definition) is 1. The highest BCUT2D eigenvalue weighted by atomic mass is 35.5. The Morgan fingerprint density at radius 1 is 1.39 bits per heavy atom. The van der Waals surface area contributed by atoms with Gasteiger partial charge in [-0.25, -0.2) is 0 Å². The van der Waals surface area contributed by atoms with Crippen LogP contribution in [0.3, 0.4) is 0 Å². The van der Waals surface area contributed by atoms with Crippen molar-refractivity contribution in [2.24, 2.45) is 0 Å². The third-order valence-electron chi connectivity index (χ3n) is 3.17. The van der Waals surface area contributed by atoms with Gasteiger partial charge in [0, 0.05) is 13.1 Å². The molecule has 1 aromatic carbocycles. The lowest BCUT2D eigenvalue weighted by Crippen LogP contribution is -2.33. The van der Waals surface area contributed by atoms with Crippen molar-refractivity contribution >= 4 is 11.6 Å². The molecule has 1 saturated heterocycles. The van der Waals surface area contributed by atoms with Crippen molar-refractivity contribution in [1.82, 2.24) is 5.32 Å². The fraction of sp³-hybridized carbons (Fsp3) is 0.538. The van der Waals surface area contributed by atoms with Gasteiger partial charge in [0.05, 0.1) is 32.0 Å². The summed E-state index contributed by atoms with van der Waals surface area (Å²) < 4.78 is 16.4. The molecule has 18 heavy (non-hydrogen) atoms. The maximum atomic E-state index is 6.32. The molecule has 0 aliphatic carbocycles. The van der Waals surface area contributed by atoms with Crippen LogP contribution in [-0.4, -0.2) is 33.9 Å². The lowest BCUT2D eigenvalue weighted by Gasteiger charge is -2.26. The Labute approximate surface area is 112 Å². The standard InChI is InChI=1S/C13H18ClNO3/c1-8-9(11-7-15-4-5-18-11)6-10(16-2)13(17-3)12(8)14/h6,11,15H,4-5,7H2,1-3H3. The largest absolute Gasteiger partial charge is 0.493 e. The van der Waals surface area contributed by atoms with Crippen molar-refractivity contribution in [2.75, 3.05) is 33.9 Å². The lowest BCUT2D eigenvalue weighted by molar-refractivity contribution is 0.0272. The third kappa shape index (κ3) is 2.41. The van der Waals surface area contributed by atoms with Crippen molar-refractivity contribution in [2.45, 2.75) is 13.0 Å². The first-order valence-corrected chi connectivity index (χ1v) is 6.30. The van der Waals surface area contributed by atoms with Gasteiger partial charge in [0.2, 0.25) is 0 Å². The van der Waals surface area contributed by atoms with Crippen LogP contribution in [0.4, 0.5) is 0 Å². The van der Waals surface area contributed by atoms with E-state index < -0.39 is 0 Å². The zero-order valence-corrected chi connectivity index (χ0v) is 11.6. The van der Waals surface area contributed by atoms with Gasteiger partial charge >= 0.3 is 0 Å². The Bertz CT molecular complexity index is 431. The molecular formula is C13H18ClNO3. The maximum absolute atomic E-state index is 6.32. The Morgan fingerprint density at radius 2 is 2.17 bits per heavy atom. The molecule has 1 aromatic rings. The predicted octanol–water partition coefficient (Wildman–Crippen LogP) is 2.33. The molecule has 1 atom stereocenters. The number of halogens is 1. The summed E-state index contributed by atoms with van der Waals surface area (Å²) in [7, 11) is 3.19. The molecule has 1 heterocycles. The monoisotopic (exact) mass is 271 g/mol. The topological polar surface area (TPSA) is 39.7 Å². The minimum absolute atomic E-state index is 0.0102. The van der Waals surface area contributed by atoms with E-state index in [0.717, 1.165) is 24.2 Å². The number of benzene rings is 1. The molecule has 0 aromatic heterocycles. The summed E-state index contributed by atoms with van der Waals surface area (Å²) in [6, 6.07) is 1.94. The molecule has 0 saturated carbocycles. The van der Waals surface area contributed by atoms with Crippen molar-refractivity contribution < 1.29 is 14.2 Å². The van der Waals surface area contributed by atoms with Crippen LogP contribution in [0.5, 0.6) is 11.5 Å².